The highest BCUT2D eigenvalue weighted by Crippen LogP contribution is 2.18. The number of carbonyl (C=O) groups excluding carboxylic acids is 2. The highest BCUT2D eigenvalue weighted by atomic mass is 16.6. The van der Waals surface area contributed by atoms with E-state index in [1.165, 1.54) is 0 Å². The van der Waals surface area contributed by atoms with Gasteiger partial charge in [-0.2, -0.15) is 0 Å². The Morgan fingerprint density at radius 2 is 2.00 bits per heavy atom. The molecule has 0 saturated carbocycles. The van der Waals surface area contributed by atoms with Gasteiger partial charge in [0.1, 0.15) is 0 Å². The van der Waals surface area contributed by atoms with Crippen LogP contribution in [0.15, 0.2) is 11.3 Å². The summed E-state index contributed by atoms with van der Waals surface area (Å²) in [5, 5.41) is 8.94. The number of aliphatic hydroxyl groups is 1. The first-order chi connectivity index (χ1) is 5.16. The zero-order valence-corrected chi connectivity index (χ0v) is 6.09. The predicted octanol–water partition coefficient (Wildman–Crippen LogP) is 0.682. The van der Waals surface area contributed by atoms with E-state index in [0.717, 1.165) is 0 Å². The maximum Gasteiger partial charge on any atom is 0.381 e. The minimum atomic E-state index is -0.932. The molecule has 0 spiro atoms. The van der Waals surface area contributed by atoms with E-state index in [1.54, 1.807) is 0 Å². The van der Waals surface area contributed by atoms with Crippen molar-refractivity contribution in [2.75, 3.05) is 0 Å². The minimum Gasteiger partial charge on any atom is -0.501 e. The molecule has 0 unspecified atom stereocenters. The van der Waals surface area contributed by atoms with E-state index in [2.05, 4.69) is 4.74 Å². The highest BCUT2D eigenvalue weighted by molar-refractivity contribution is 6.10. The van der Waals surface area contributed by atoms with Gasteiger partial charge in [-0.05, 0) is 6.42 Å². The summed E-state index contributed by atoms with van der Waals surface area (Å²) in [4.78, 5) is 21.2. The molecule has 1 N–H and O–H groups in total. The van der Waals surface area contributed by atoms with Crippen molar-refractivity contribution in [3.63, 3.8) is 0 Å². The Labute approximate surface area is 63.5 Å². The molecule has 4 heteroatoms. The van der Waals surface area contributed by atoms with Crippen LogP contribution in [0.5, 0.6) is 0 Å². The molecule has 0 aromatic rings. The van der Waals surface area contributed by atoms with Crippen LogP contribution < -0.4 is 0 Å². The van der Waals surface area contributed by atoms with Crippen LogP contribution in [0.25, 0.3) is 0 Å². The Morgan fingerprint density at radius 1 is 1.36 bits per heavy atom. The summed E-state index contributed by atoms with van der Waals surface area (Å²) in [6.45, 7) is 1.84. The maximum atomic E-state index is 10.7. The smallest absolute Gasteiger partial charge is 0.381 e. The molecule has 1 aliphatic heterocycles. The molecular formula is C7H8O4. The van der Waals surface area contributed by atoms with E-state index < -0.39 is 17.7 Å². The number of esters is 2. The molecule has 0 atom stereocenters. The molecule has 60 valence electrons. The predicted molar refractivity (Wildman–Crippen MR) is 35.7 cm³/mol. The number of rotatable bonds is 2. The third kappa shape index (κ3) is 1.24. The Bertz CT molecular complexity index is 239. The van der Waals surface area contributed by atoms with Crippen molar-refractivity contribution >= 4 is 11.9 Å². The van der Waals surface area contributed by atoms with Crippen LogP contribution in [0.2, 0.25) is 0 Å². The number of hydrogen-bond acceptors (Lipinski definition) is 4. The fraction of sp³-hybridized carbons (Fsp3) is 0.429. The fourth-order valence-corrected chi connectivity index (χ4v) is 0.884. The van der Waals surface area contributed by atoms with Crippen LogP contribution in [0.1, 0.15) is 19.8 Å². The van der Waals surface area contributed by atoms with Crippen molar-refractivity contribution in [3.8, 4) is 0 Å². The molecule has 4 nitrogen and oxygen atoms in total. The average Bonchev–Trinajstić information content (AvgIpc) is 2.17. The van der Waals surface area contributed by atoms with E-state index in [4.69, 9.17) is 5.11 Å². The van der Waals surface area contributed by atoms with Crippen molar-refractivity contribution in [3.05, 3.63) is 11.3 Å². The third-order valence-corrected chi connectivity index (χ3v) is 1.41. The van der Waals surface area contributed by atoms with E-state index in [-0.39, 0.29) is 5.57 Å². The molecule has 0 aromatic carbocycles. The van der Waals surface area contributed by atoms with Crippen LogP contribution in [0.4, 0.5) is 0 Å². The van der Waals surface area contributed by atoms with Gasteiger partial charge in [0.25, 0.3) is 0 Å². The number of ether oxygens (including phenoxy) is 1. The Hall–Kier alpha value is -1.32. The molecule has 1 heterocycles. The van der Waals surface area contributed by atoms with Gasteiger partial charge < -0.3 is 9.84 Å². The summed E-state index contributed by atoms with van der Waals surface area (Å²) in [5.74, 6) is -2.18. The monoisotopic (exact) mass is 156 g/mol. The molecule has 1 rings (SSSR count). The van der Waals surface area contributed by atoms with E-state index in [1.807, 2.05) is 6.92 Å². The zero-order chi connectivity index (χ0) is 8.43. The Balaban J connectivity index is 2.87. The van der Waals surface area contributed by atoms with Gasteiger partial charge in [-0.3, -0.25) is 0 Å². The van der Waals surface area contributed by atoms with Crippen LogP contribution in [0, 0.1) is 0 Å². The van der Waals surface area contributed by atoms with Gasteiger partial charge in [-0.1, -0.05) is 13.3 Å². The minimum absolute atomic E-state index is 0.0949. The van der Waals surface area contributed by atoms with Crippen molar-refractivity contribution in [2.45, 2.75) is 19.8 Å². The summed E-state index contributed by atoms with van der Waals surface area (Å²) in [6.07, 6.45) is 1.08. The summed E-state index contributed by atoms with van der Waals surface area (Å²) in [6, 6.07) is 0. The molecule has 1 aliphatic rings. The van der Waals surface area contributed by atoms with Gasteiger partial charge in [-0.15, -0.1) is 0 Å². The van der Waals surface area contributed by atoms with Gasteiger partial charge in [-0.25, -0.2) is 9.59 Å². The quantitative estimate of drug-likeness (QED) is 0.471. The highest BCUT2D eigenvalue weighted by Gasteiger charge is 2.31. The summed E-state index contributed by atoms with van der Waals surface area (Å²) in [5.41, 5.74) is 0.0949. The maximum absolute atomic E-state index is 10.7. The van der Waals surface area contributed by atoms with Crippen molar-refractivity contribution < 1.29 is 19.4 Å². The molecule has 0 aliphatic carbocycles. The van der Waals surface area contributed by atoms with Crippen LogP contribution in [-0.2, 0) is 14.3 Å². The molecule has 0 bridgehead atoms. The van der Waals surface area contributed by atoms with Crippen molar-refractivity contribution in [1.82, 2.24) is 0 Å². The first-order valence-corrected chi connectivity index (χ1v) is 3.35. The fourth-order valence-electron chi connectivity index (χ4n) is 0.884. The first-order valence-electron chi connectivity index (χ1n) is 3.35. The normalized spacial score (nSPS) is 17.5. The van der Waals surface area contributed by atoms with Gasteiger partial charge >= 0.3 is 11.9 Å². The van der Waals surface area contributed by atoms with Crippen molar-refractivity contribution in [2.24, 2.45) is 0 Å². The standard InChI is InChI=1S/C7H8O4/c1-2-3-4-5(8)7(10)11-6(4)9/h8H,2-3H2,1H3. The van der Waals surface area contributed by atoms with Gasteiger partial charge in [0.05, 0.1) is 5.57 Å². The zero-order valence-electron chi connectivity index (χ0n) is 6.09. The van der Waals surface area contributed by atoms with Crippen LogP contribution >= 0.6 is 0 Å². The van der Waals surface area contributed by atoms with Gasteiger partial charge in [0.15, 0.2) is 0 Å². The number of carbonyl (C=O) groups is 2. The van der Waals surface area contributed by atoms with Gasteiger partial charge in [0, 0.05) is 0 Å². The second-order valence-electron chi connectivity index (χ2n) is 2.25. The van der Waals surface area contributed by atoms with Crippen LogP contribution in [-0.4, -0.2) is 17.0 Å². The molecule has 0 amide bonds. The topological polar surface area (TPSA) is 63.6 Å². The molecule has 0 radical (unpaired) electrons. The van der Waals surface area contributed by atoms with Gasteiger partial charge in [0.2, 0.25) is 5.76 Å². The molecule has 11 heavy (non-hydrogen) atoms. The Morgan fingerprint density at radius 3 is 2.36 bits per heavy atom. The molecule has 0 aromatic heterocycles. The summed E-state index contributed by atoms with van der Waals surface area (Å²) in [7, 11) is 0. The lowest BCUT2D eigenvalue weighted by atomic mass is 10.1. The molecule has 0 saturated heterocycles. The first kappa shape index (κ1) is 7.78. The van der Waals surface area contributed by atoms with E-state index >= 15 is 0 Å². The lowest BCUT2D eigenvalue weighted by molar-refractivity contribution is -0.152. The van der Waals surface area contributed by atoms with E-state index in [0.29, 0.717) is 12.8 Å². The lowest BCUT2D eigenvalue weighted by Crippen LogP contribution is -2.01. The molecule has 0 fully saturated rings. The largest absolute Gasteiger partial charge is 0.501 e. The third-order valence-electron chi connectivity index (χ3n) is 1.41. The number of cyclic esters (lactones) is 2. The second-order valence-corrected chi connectivity index (χ2v) is 2.25. The van der Waals surface area contributed by atoms with Crippen LogP contribution in [0.3, 0.4) is 0 Å². The number of hydrogen-bond donors (Lipinski definition) is 1. The van der Waals surface area contributed by atoms with Crippen molar-refractivity contribution in [1.29, 1.82) is 0 Å². The SMILES string of the molecule is CCCC1=C(O)C(=O)OC1=O. The van der Waals surface area contributed by atoms with E-state index in [9.17, 15) is 9.59 Å². The second kappa shape index (κ2) is 2.74. The molecular weight excluding hydrogens is 148 g/mol. The summed E-state index contributed by atoms with van der Waals surface area (Å²) < 4.78 is 4.14. The average molecular weight is 156 g/mol. The number of aliphatic hydroxyl groups excluding tert-OH is 1. The summed E-state index contributed by atoms with van der Waals surface area (Å²) >= 11 is 0. The lowest BCUT2D eigenvalue weighted by Gasteiger charge is -1.91. The Kier molecular flexibility index (Phi) is 1.94.